The molecule has 1 spiro atoms. The molecule has 206 valence electrons. The van der Waals surface area contributed by atoms with Gasteiger partial charge in [-0.15, -0.1) is 0 Å². The number of ether oxygens (including phenoxy) is 6. The molecule has 0 aromatic rings. The average molecular weight is 509 g/mol. The maximum Gasteiger partial charge on any atom is 0.171 e. The largest absolute Gasteiger partial charge is 0.389 e. The molecule has 3 heterocycles. The lowest BCUT2D eigenvalue weighted by atomic mass is 9.93. The third-order valence-electron chi connectivity index (χ3n) is 8.94. The Hall–Kier alpha value is -0.540. The zero-order valence-corrected chi connectivity index (χ0v) is 22.2. The van der Waals surface area contributed by atoms with Gasteiger partial charge in [-0.05, 0) is 70.6 Å². The van der Waals surface area contributed by atoms with Gasteiger partial charge in [-0.1, -0.05) is 31.4 Å². The fourth-order valence-electron chi connectivity index (χ4n) is 7.10. The Morgan fingerprint density at radius 3 is 2.61 bits per heavy atom. The second kappa shape index (κ2) is 12.5. The predicted octanol–water partition coefficient (Wildman–Crippen LogP) is 5.04. The Kier molecular flexibility index (Phi) is 9.42. The molecule has 2 saturated carbocycles. The second-order valence-electron chi connectivity index (χ2n) is 11.8. The van der Waals surface area contributed by atoms with Crippen LogP contribution in [-0.2, 0) is 28.4 Å². The van der Waals surface area contributed by atoms with E-state index in [0.717, 1.165) is 83.8 Å². The van der Waals surface area contributed by atoms with Crippen molar-refractivity contribution in [2.45, 2.75) is 139 Å². The van der Waals surface area contributed by atoms with Crippen LogP contribution in [0.3, 0.4) is 0 Å². The van der Waals surface area contributed by atoms with Gasteiger partial charge in [-0.2, -0.15) is 0 Å². The van der Waals surface area contributed by atoms with Gasteiger partial charge in [0, 0.05) is 26.1 Å². The highest BCUT2D eigenvalue weighted by Crippen LogP contribution is 2.57. The molecule has 0 bridgehead atoms. The number of unbranched alkanes of at least 4 members (excludes halogenated alkanes) is 1. The highest BCUT2D eigenvalue weighted by Gasteiger charge is 2.61. The first-order valence-electron chi connectivity index (χ1n) is 14.8. The number of fused-ring (bicyclic) bond motifs is 1. The number of aliphatic hydroxyl groups is 1. The van der Waals surface area contributed by atoms with Gasteiger partial charge in [0.1, 0.15) is 6.10 Å². The Morgan fingerprint density at radius 1 is 0.944 bits per heavy atom. The molecule has 7 atom stereocenters. The zero-order valence-electron chi connectivity index (χ0n) is 22.2. The summed E-state index contributed by atoms with van der Waals surface area (Å²) < 4.78 is 36.9. The highest BCUT2D eigenvalue weighted by atomic mass is 16.7. The summed E-state index contributed by atoms with van der Waals surface area (Å²) in [4.78, 5) is 0. The summed E-state index contributed by atoms with van der Waals surface area (Å²) in [5, 5.41) is 10.6. The third-order valence-corrected chi connectivity index (χ3v) is 8.94. The summed E-state index contributed by atoms with van der Waals surface area (Å²) in [5.74, 6) is 0.0810. The standard InChI is InChI=1S/C29H48O7/c1-22(35-27-12-4-5-16-32-27)8-2-3-10-24(30)13-14-25-26(11-7-17-31-25)36-28-15-6-9-23(28)20-29(21-28)33-18-19-34-29/h13-14,22-27,30H,2-12,15-21H2,1H3/t22?,23-,24?,25+,26-,27?,28+/m1/s1. The first-order chi connectivity index (χ1) is 17.6. The molecule has 0 aromatic heterocycles. The molecule has 3 saturated heterocycles. The normalized spacial score (nSPS) is 38.1. The summed E-state index contributed by atoms with van der Waals surface area (Å²) in [6, 6.07) is 0. The summed E-state index contributed by atoms with van der Waals surface area (Å²) in [6.45, 7) is 5.08. The third kappa shape index (κ3) is 6.71. The van der Waals surface area contributed by atoms with E-state index in [0.29, 0.717) is 19.1 Å². The van der Waals surface area contributed by atoms with Gasteiger partial charge in [0.05, 0.1) is 37.1 Å². The Bertz CT molecular complexity index is 702. The van der Waals surface area contributed by atoms with Crippen molar-refractivity contribution < 1.29 is 33.5 Å². The van der Waals surface area contributed by atoms with E-state index >= 15 is 0 Å². The van der Waals surface area contributed by atoms with Crippen molar-refractivity contribution in [1.29, 1.82) is 0 Å². The van der Waals surface area contributed by atoms with Gasteiger partial charge in [-0.3, -0.25) is 0 Å². The molecule has 36 heavy (non-hydrogen) atoms. The lowest BCUT2D eigenvalue weighted by Crippen LogP contribution is -2.45. The lowest BCUT2D eigenvalue weighted by molar-refractivity contribution is -0.193. The number of hydrogen-bond donors (Lipinski definition) is 1. The minimum atomic E-state index is -0.457. The lowest BCUT2D eigenvalue weighted by Gasteiger charge is -2.39. The fraction of sp³-hybridized carbons (Fsp3) is 0.931. The molecular weight excluding hydrogens is 460 g/mol. The fourth-order valence-corrected chi connectivity index (χ4v) is 7.10. The zero-order chi connectivity index (χ0) is 24.8. The van der Waals surface area contributed by atoms with E-state index in [1.165, 1.54) is 19.3 Å². The second-order valence-corrected chi connectivity index (χ2v) is 11.8. The van der Waals surface area contributed by atoms with Crippen LogP contribution >= 0.6 is 0 Å². The van der Waals surface area contributed by atoms with Gasteiger partial charge >= 0.3 is 0 Å². The van der Waals surface area contributed by atoms with Crippen LogP contribution in [0.1, 0.15) is 96.8 Å². The van der Waals surface area contributed by atoms with Gasteiger partial charge in [0.15, 0.2) is 12.1 Å². The predicted molar refractivity (Wildman–Crippen MR) is 136 cm³/mol. The van der Waals surface area contributed by atoms with E-state index in [4.69, 9.17) is 28.4 Å². The molecule has 0 aromatic carbocycles. The Labute approximate surface area is 217 Å². The van der Waals surface area contributed by atoms with Crippen molar-refractivity contribution in [2.75, 3.05) is 26.4 Å². The molecule has 3 aliphatic heterocycles. The minimum absolute atomic E-state index is 0.0272. The van der Waals surface area contributed by atoms with E-state index in [9.17, 15) is 5.11 Å². The smallest absolute Gasteiger partial charge is 0.171 e. The summed E-state index contributed by atoms with van der Waals surface area (Å²) in [7, 11) is 0. The molecule has 5 aliphatic rings. The molecule has 3 unspecified atom stereocenters. The van der Waals surface area contributed by atoms with E-state index in [-0.39, 0.29) is 30.2 Å². The monoisotopic (exact) mass is 508 g/mol. The Morgan fingerprint density at radius 2 is 1.78 bits per heavy atom. The van der Waals surface area contributed by atoms with Crippen molar-refractivity contribution in [3.8, 4) is 0 Å². The van der Waals surface area contributed by atoms with Gasteiger partial charge in [0.2, 0.25) is 0 Å². The topological polar surface area (TPSA) is 75.6 Å². The summed E-state index contributed by atoms with van der Waals surface area (Å²) >= 11 is 0. The van der Waals surface area contributed by atoms with Crippen molar-refractivity contribution in [3.05, 3.63) is 12.2 Å². The van der Waals surface area contributed by atoms with Gasteiger partial charge < -0.3 is 33.5 Å². The molecule has 7 nitrogen and oxygen atoms in total. The van der Waals surface area contributed by atoms with Gasteiger partial charge in [0.25, 0.3) is 0 Å². The number of aliphatic hydroxyl groups excluding tert-OH is 1. The molecule has 5 fully saturated rings. The molecular formula is C29H48O7. The highest BCUT2D eigenvalue weighted by molar-refractivity contribution is 5.08. The van der Waals surface area contributed by atoms with Crippen molar-refractivity contribution >= 4 is 0 Å². The van der Waals surface area contributed by atoms with E-state index < -0.39 is 11.9 Å². The van der Waals surface area contributed by atoms with Gasteiger partial charge in [-0.25, -0.2) is 0 Å². The number of rotatable bonds is 11. The van der Waals surface area contributed by atoms with Crippen molar-refractivity contribution in [1.82, 2.24) is 0 Å². The van der Waals surface area contributed by atoms with Crippen LogP contribution in [-0.4, -0.2) is 73.6 Å². The minimum Gasteiger partial charge on any atom is -0.389 e. The van der Waals surface area contributed by atoms with E-state index in [1.807, 2.05) is 6.08 Å². The molecule has 2 aliphatic carbocycles. The molecule has 7 heteroatoms. The Balaban J connectivity index is 1.06. The van der Waals surface area contributed by atoms with Crippen LogP contribution in [0.25, 0.3) is 0 Å². The first kappa shape index (κ1) is 27.0. The van der Waals surface area contributed by atoms with Crippen LogP contribution in [0, 0.1) is 5.92 Å². The maximum absolute atomic E-state index is 10.6. The molecule has 0 amide bonds. The number of hydrogen-bond acceptors (Lipinski definition) is 7. The first-order valence-corrected chi connectivity index (χ1v) is 14.8. The van der Waals surface area contributed by atoms with Crippen molar-refractivity contribution in [3.63, 3.8) is 0 Å². The van der Waals surface area contributed by atoms with Crippen LogP contribution < -0.4 is 0 Å². The van der Waals surface area contributed by atoms with Crippen LogP contribution in [0.5, 0.6) is 0 Å². The summed E-state index contributed by atoms with van der Waals surface area (Å²) in [6.07, 6.45) is 18.0. The average Bonchev–Trinajstić information content (AvgIpc) is 3.56. The van der Waals surface area contributed by atoms with E-state index in [1.54, 1.807) is 0 Å². The summed E-state index contributed by atoms with van der Waals surface area (Å²) in [5.41, 5.74) is -0.151. The molecule has 5 rings (SSSR count). The SMILES string of the molecule is CC(CCCCC(O)C=C[C@@H]1OCCC[C@H]1O[C@]12CCC[C@@H]1CC1(C2)OCCO1)OC1CCCCO1. The maximum atomic E-state index is 10.6. The molecule has 0 radical (unpaired) electrons. The van der Waals surface area contributed by atoms with Crippen LogP contribution in [0.15, 0.2) is 12.2 Å². The van der Waals surface area contributed by atoms with Crippen LogP contribution in [0.2, 0.25) is 0 Å². The van der Waals surface area contributed by atoms with E-state index in [2.05, 4.69) is 13.0 Å². The van der Waals surface area contributed by atoms with Crippen LogP contribution in [0.4, 0.5) is 0 Å². The quantitative estimate of drug-likeness (QED) is 0.310. The molecule has 1 N–H and O–H groups in total. The van der Waals surface area contributed by atoms with Crippen molar-refractivity contribution in [2.24, 2.45) is 5.92 Å².